The first-order chi connectivity index (χ1) is 14.1. The Bertz CT molecular complexity index is 970. The van der Waals surface area contributed by atoms with Gasteiger partial charge in [0.05, 0.1) is 19.9 Å². The average Bonchev–Trinajstić information content (AvgIpc) is 3.27. The van der Waals surface area contributed by atoms with Crippen LogP contribution in [-0.2, 0) is 4.79 Å². The molecule has 1 aliphatic rings. The number of nitriles is 1. The number of ether oxygens (including phenoxy) is 2. The fourth-order valence-corrected chi connectivity index (χ4v) is 3.43. The second-order valence-electron chi connectivity index (χ2n) is 6.90. The molecule has 0 radical (unpaired) electrons. The van der Waals surface area contributed by atoms with Crippen molar-refractivity contribution in [1.29, 1.82) is 5.26 Å². The van der Waals surface area contributed by atoms with Crippen molar-refractivity contribution in [2.24, 2.45) is 0 Å². The largest absolute Gasteiger partial charge is 0.496 e. The Hall–Kier alpha value is -3.46. The normalized spacial score (nSPS) is 13.7. The number of nitrogens with one attached hydrogen (secondary N) is 1. The van der Waals surface area contributed by atoms with Gasteiger partial charge in [-0.3, -0.25) is 4.79 Å². The molecule has 0 aromatic heterocycles. The van der Waals surface area contributed by atoms with Gasteiger partial charge < -0.3 is 19.7 Å². The number of carbonyl (C=O) groups excluding carboxylic acids is 1. The molecule has 1 aliphatic heterocycles. The number of aryl methyl sites for hydroxylation is 1. The first-order valence-corrected chi connectivity index (χ1v) is 9.57. The smallest absolute Gasteiger partial charge is 0.266 e. The van der Waals surface area contributed by atoms with Gasteiger partial charge in [0.25, 0.3) is 5.91 Å². The van der Waals surface area contributed by atoms with Crippen molar-refractivity contribution in [2.75, 3.05) is 37.5 Å². The van der Waals surface area contributed by atoms with Crippen molar-refractivity contribution in [3.05, 3.63) is 53.1 Å². The molecule has 150 valence electrons. The maximum Gasteiger partial charge on any atom is 0.266 e. The fourth-order valence-electron chi connectivity index (χ4n) is 3.43. The molecule has 3 rings (SSSR count). The van der Waals surface area contributed by atoms with E-state index in [0.717, 1.165) is 37.2 Å². The zero-order valence-corrected chi connectivity index (χ0v) is 17.0. The molecule has 0 atom stereocenters. The number of hydrogen-bond donors (Lipinski definition) is 1. The van der Waals surface area contributed by atoms with E-state index in [1.807, 2.05) is 43.3 Å². The topological polar surface area (TPSA) is 74.6 Å². The summed E-state index contributed by atoms with van der Waals surface area (Å²) in [7, 11) is 3.19. The van der Waals surface area contributed by atoms with Crippen LogP contribution in [0.25, 0.3) is 6.08 Å². The van der Waals surface area contributed by atoms with E-state index in [2.05, 4.69) is 10.2 Å². The minimum Gasteiger partial charge on any atom is -0.496 e. The Labute approximate surface area is 171 Å². The second-order valence-corrected chi connectivity index (χ2v) is 6.90. The second kappa shape index (κ2) is 9.16. The molecule has 1 N–H and O–H groups in total. The van der Waals surface area contributed by atoms with E-state index >= 15 is 0 Å². The van der Waals surface area contributed by atoms with E-state index in [0.29, 0.717) is 22.7 Å². The monoisotopic (exact) mass is 391 g/mol. The van der Waals surface area contributed by atoms with E-state index in [4.69, 9.17) is 9.47 Å². The van der Waals surface area contributed by atoms with Gasteiger partial charge in [-0.05, 0) is 43.5 Å². The quantitative estimate of drug-likeness (QED) is 0.591. The van der Waals surface area contributed by atoms with Crippen LogP contribution in [0.3, 0.4) is 0 Å². The van der Waals surface area contributed by atoms with Gasteiger partial charge in [-0.2, -0.15) is 5.26 Å². The van der Waals surface area contributed by atoms with Gasteiger partial charge in [-0.15, -0.1) is 0 Å². The summed E-state index contributed by atoms with van der Waals surface area (Å²) in [5.74, 6) is 0.811. The van der Waals surface area contributed by atoms with E-state index in [1.165, 1.54) is 6.08 Å². The highest BCUT2D eigenvalue weighted by Crippen LogP contribution is 2.38. The molecule has 1 saturated heterocycles. The zero-order chi connectivity index (χ0) is 20.8. The maximum absolute atomic E-state index is 12.6. The van der Waals surface area contributed by atoms with Crippen LogP contribution in [0.2, 0.25) is 0 Å². The lowest BCUT2D eigenvalue weighted by molar-refractivity contribution is -0.112. The number of anilines is 2. The number of amides is 1. The van der Waals surface area contributed by atoms with E-state index in [-0.39, 0.29) is 5.57 Å². The lowest BCUT2D eigenvalue weighted by atomic mass is 10.1. The summed E-state index contributed by atoms with van der Waals surface area (Å²) in [4.78, 5) is 14.9. The number of benzene rings is 2. The molecule has 6 nitrogen and oxygen atoms in total. The van der Waals surface area contributed by atoms with Crippen molar-refractivity contribution in [2.45, 2.75) is 19.8 Å². The van der Waals surface area contributed by atoms with Crippen LogP contribution in [-0.4, -0.2) is 33.2 Å². The Morgan fingerprint density at radius 1 is 1.14 bits per heavy atom. The lowest BCUT2D eigenvalue weighted by Crippen LogP contribution is -2.18. The molecule has 0 spiro atoms. The molecule has 2 aromatic rings. The summed E-state index contributed by atoms with van der Waals surface area (Å²) in [6, 6.07) is 13.1. The van der Waals surface area contributed by atoms with Crippen LogP contribution >= 0.6 is 0 Å². The van der Waals surface area contributed by atoms with Gasteiger partial charge in [0, 0.05) is 30.4 Å². The van der Waals surface area contributed by atoms with Crippen LogP contribution in [0.5, 0.6) is 11.5 Å². The zero-order valence-electron chi connectivity index (χ0n) is 17.0. The van der Waals surface area contributed by atoms with E-state index in [1.54, 1.807) is 20.3 Å². The first kappa shape index (κ1) is 20.3. The molecule has 1 heterocycles. The van der Waals surface area contributed by atoms with Crippen LogP contribution in [0.15, 0.2) is 42.0 Å². The molecular formula is C23H25N3O3. The maximum atomic E-state index is 12.6. The first-order valence-electron chi connectivity index (χ1n) is 9.57. The van der Waals surface area contributed by atoms with Crippen LogP contribution in [0, 0.1) is 18.3 Å². The molecule has 0 unspecified atom stereocenters. The van der Waals surface area contributed by atoms with Crippen molar-refractivity contribution >= 4 is 23.4 Å². The molecule has 6 heteroatoms. The summed E-state index contributed by atoms with van der Waals surface area (Å²) in [6.07, 6.45) is 3.82. The lowest BCUT2D eigenvalue weighted by Gasteiger charge is -2.22. The molecule has 0 aliphatic carbocycles. The van der Waals surface area contributed by atoms with E-state index < -0.39 is 5.91 Å². The predicted octanol–water partition coefficient (Wildman–Crippen LogP) is 4.16. The number of nitrogens with zero attached hydrogens (tertiary/aromatic N) is 2. The van der Waals surface area contributed by atoms with Crippen molar-refractivity contribution in [3.63, 3.8) is 0 Å². The third kappa shape index (κ3) is 4.52. The molecule has 29 heavy (non-hydrogen) atoms. The highest BCUT2D eigenvalue weighted by atomic mass is 16.5. The molecule has 1 amide bonds. The van der Waals surface area contributed by atoms with E-state index in [9.17, 15) is 10.1 Å². The summed E-state index contributed by atoms with van der Waals surface area (Å²) in [6.45, 7) is 3.84. The highest BCUT2D eigenvalue weighted by Gasteiger charge is 2.20. The number of para-hydroxylation sites is 1. The summed E-state index contributed by atoms with van der Waals surface area (Å²) in [5.41, 5.74) is 3.16. The minimum absolute atomic E-state index is 0.0115. The van der Waals surface area contributed by atoms with Crippen molar-refractivity contribution < 1.29 is 14.3 Å². The Morgan fingerprint density at radius 2 is 1.83 bits per heavy atom. The van der Waals surface area contributed by atoms with Gasteiger partial charge in [-0.25, -0.2) is 0 Å². The molecular weight excluding hydrogens is 366 g/mol. The number of methoxy groups -OCH3 is 2. The van der Waals surface area contributed by atoms with Gasteiger partial charge in [0.2, 0.25) is 0 Å². The SMILES string of the molecule is COc1cc(N2CCCC2)c(OC)cc1/C=C(/C#N)C(=O)Nc1ccccc1C. The summed E-state index contributed by atoms with van der Waals surface area (Å²) < 4.78 is 11.1. The van der Waals surface area contributed by atoms with Crippen LogP contribution in [0.4, 0.5) is 11.4 Å². The Morgan fingerprint density at radius 3 is 2.45 bits per heavy atom. The molecule has 2 aromatic carbocycles. The summed E-state index contributed by atoms with van der Waals surface area (Å²) >= 11 is 0. The third-order valence-electron chi connectivity index (χ3n) is 5.04. The van der Waals surface area contributed by atoms with Gasteiger partial charge in [0.15, 0.2) is 0 Å². The fraction of sp³-hybridized carbons (Fsp3) is 0.304. The highest BCUT2D eigenvalue weighted by molar-refractivity contribution is 6.10. The van der Waals surface area contributed by atoms with Crippen molar-refractivity contribution in [3.8, 4) is 17.6 Å². The van der Waals surface area contributed by atoms with Gasteiger partial charge in [-0.1, -0.05) is 18.2 Å². The van der Waals surface area contributed by atoms with Crippen molar-refractivity contribution in [1.82, 2.24) is 0 Å². The van der Waals surface area contributed by atoms with Crippen LogP contribution in [0.1, 0.15) is 24.0 Å². The molecule has 0 saturated carbocycles. The Balaban J connectivity index is 1.95. The van der Waals surface area contributed by atoms with Crippen LogP contribution < -0.4 is 19.7 Å². The number of carbonyl (C=O) groups is 1. The number of hydrogen-bond acceptors (Lipinski definition) is 5. The molecule has 0 bridgehead atoms. The molecule has 1 fully saturated rings. The average molecular weight is 391 g/mol. The summed E-state index contributed by atoms with van der Waals surface area (Å²) in [5, 5.41) is 12.4. The number of rotatable bonds is 6. The predicted molar refractivity (Wildman–Crippen MR) is 114 cm³/mol. The third-order valence-corrected chi connectivity index (χ3v) is 5.04. The minimum atomic E-state index is -0.466. The van der Waals surface area contributed by atoms with Gasteiger partial charge >= 0.3 is 0 Å². The Kier molecular flexibility index (Phi) is 6.40. The van der Waals surface area contributed by atoms with Gasteiger partial charge in [0.1, 0.15) is 23.1 Å². The standard InChI is InChI=1S/C23H25N3O3/c1-16-8-4-5-9-19(16)25-23(27)18(15-24)12-17-13-22(29-3)20(14-21(17)28-2)26-10-6-7-11-26/h4-5,8-9,12-14H,6-7,10-11H2,1-3H3,(H,25,27)/b18-12-.